The number of aryl methyl sites for hydroxylation is 2. The van der Waals surface area contributed by atoms with Crippen molar-refractivity contribution in [2.24, 2.45) is 0 Å². The summed E-state index contributed by atoms with van der Waals surface area (Å²) in [5.74, 6) is -0.814. The standard InChI is InChI=1S/C19H21N3O3S/c23-18(15-11-13(19(24)25)5-8-20-15)22-9-6-12(7-10-22)17-21-14-3-1-2-4-16(14)26-17/h5,8,11-12H,1-4,6-7,9-10H2,(H,24,25). The number of carbonyl (C=O) groups is 2. The lowest BCUT2D eigenvalue weighted by atomic mass is 9.97. The minimum absolute atomic E-state index is 0.0894. The second-order valence-electron chi connectivity index (χ2n) is 6.93. The minimum Gasteiger partial charge on any atom is -0.478 e. The number of carbonyl (C=O) groups excluding carboxylic acids is 1. The molecule has 4 rings (SSSR count). The largest absolute Gasteiger partial charge is 0.478 e. The minimum atomic E-state index is -1.05. The Kier molecular flexibility index (Phi) is 4.72. The van der Waals surface area contributed by atoms with Crippen LogP contribution in [-0.4, -0.2) is 44.9 Å². The number of hydrogen-bond donors (Lipinski definition) is 1. The van der Waals surface area contributed by atoms with Crippen molar-refractivity contribution in [3.05, 3.63) is 45.2 Å². The molecule has 136 valence electrons. The summed E-state index contributed by atoms with van der Waals surface area (Å²) in [5, 5.41) is 10.3. The maximum atomic E-state index is 12.6. The van der Waals surface area contributed by atoms with Gasteiger partial charge in [0.05, 0.1) is 16.3 Å². The number of carboxylic acids is 1. The SMILES string of the molecule is O=C(O)c1ccnc(C(=O)N2CCC(c3nc4c(s3)CCCC4)CC2)c1. The van der Waals surface area contributed by atoms with Crippen LogP contribution in [0.3, 0.4) is 0 Å². The molecule has 0 radical (unpaired) electrons. The molecule has 2 aromatic heterocycles. The molecule has 1 saturated heterocycles. The summed E-state index contributed by atoms with van der Waals surface area (Å²) in [4.78, 5) is 35.9. The molecule has 0 unspecified atom stereocenters. The number of carboxylic acid groups (broad SMARTS) is 1. The Morgan fingerprint density at radius 1 is 1.19 bits per heavy atom. The maximum Gasteiger partial charge on any atom is 0.335 e. The predicted octanol–water partition coefficient (Wildman–Crippen LogP) is 3.13. The number of aromatic nitrogens is 2. The summed E-state index contributed by atoms with van der Waals surface area (Å²) in [6, 6.07) is 2.75. The lowest BCUT2D eigenvalue weighted by Gasteiger charge is -2.31. The predicted molar refractivity (Wildman–Crippen MR) is 97.8 cm³/mol. The highest BCUT2D eigenvalue weighted by Crippen LogP contribution is 2.35. The van der Waals surface area contributed by atoms with Crippen LogP contribution in [0.25, 0.3) is 0 Å². The van der Waals surface area contributed by atoms with E-state index >= 15 is 0 Å². The normalized spacial score (nSPS) is 17.8. The molecule has 1 N–H and O–H groups in total. The van der Waals surface area contributed by atoms with Crippen LogP contribution in [0.1, 0.15) is 68.0 Å². The van der Waals surface area contributed by atoms with Gasteiger partial charge in [-0.1, -0.05) is 0 Å². The molecule has 2 aromatic rings. The van der Waals surface area contributed by atoms with Crippen LogP contribution in [0.4, 0.5) is 0 Å². The first-order chi connectivity index (χ1) is 12.6. The van der Waals surface area contributed by atoms with Crippen LogP contribution in [0.2, 0.25) is 0 Å². The molecule has 1 aliphatic carbocycles. The number of hydrogen-bond acceptors (Lipinski definition) is 5. The number of fused-ring (bicyclic) bond motifs is 1. The summed E-state index contributed by atoms with van der Waals surface area (Å²) in [6.07, 6.45) is 7.96. The lowest BCUT2D eigenvalue weighted by molar-refractivity contribution is 0.0696. The van der Waals surface area contributed by atoms with Crippen molar-refractivity contribution in [2.45, 2.75) is 44.4 Å². The second kappa shape index (κ2) is 7.15. The number of likely N-dealkylation sites (tertiary alicyclic amines) is 1. The fourth-order valence-corrected chi connectivity index (χ4v) is 5.04. The summed E-state index contributed by atoms with van der Waals surface area (Å²) >= 11 is 1.86. The monoisotopic (exact) mass is 371 g/mol. The average molecular weight is 371 g/mol. The molecule has 0 aromatic carbocycles. The molecular formula is C19H21N3O3S. The van der Waals surface area contributed by atoms with Crippen molar-refractivity contribution in [3.63, 3.8) is 0 Å². The topological polar surface area (TPSA) is 83.4 Å². The second-order valence-corrected chi connectivity index (χ2v) is 8.05. The van der Waals surface area contributed by atoms with Crippen LogP contribution in [-0.2, 0) is 12.8 Å². The average Bonchev–Trinajstić information content (AvgIpc) is 3.12. The molecule has 0 atom stereocenters. The van der Waals surface area contributed by atoms with Crippen LogP contribution in [0.15, 0.2) is 18.3 Å². The van der Waals surface area contributed by atoms with E-state index in [0.29, 0.717) is 19.0 Å². The third-order valence-corrected chi connectivity index (χ3v) is 6.54. The zero-order valence-electron chi connectivity index (χ0n) is 14.5. The number of rotatable bonds is 3. The summed E-state index contributed by atoms with van der Waals surface area (Å²) in [7, 11) is 0. The van der Waals surface area contributed by atoms with Crippen molar-refractivity contribution >= 4 is 23.2 Å². The van der Waals surface area contributed by atoms with Crippen LogP contribution in [0.5, 0.6) is 0 Å². The van der Waals surface area contributed by atoms with E-state index in [1.165, 1.54) is 46.7 Å². The molecule has 0 spiro atoms. The van der Waals surface area contributed by atoms with Gasteiger partial charge in [0.1, 0.15) is 5.69 Å². The van der Waals surface area contributed by atoms with Gasteiger partial charge in [0.15, 0.2) is 0 Å². The quantitative estimate of drug-likeness (QED) is 0.896. The van der Waals surface area contributed by atoms with Gasteiger partial charge < -0.3 is 10.0 Å². The van der Waals surface area contributed by atoms with Crippen LogP contribution >= 0.6 is 11.3 Å². The highest BCUT2D eigenvalue weighted by Gasteiger charge is 2.28. The first-order valence-corrected chi connectivity index (χ1v) is 9.90. The fourth-order valence-electron chi connectivity index (χ4n) is 3.72. The van der Waals surface area contributed by atoms with Crippen molar-refractivity contribution in [1.29, 1.82) is 0 Å². The fraction of sp³-hybridized carbons (Fsp3) is 0.474. The molecule has 3 heterocycles. The van der Waals surface area contributed by atoms with Crippen LogP contribution < -0.4 is 0 Å². The highest BCUT2D eigenvalue weighted by atomic mass is 32.1. The van der Waals surface area contributed by atoms with Gasteiger partial charge >= 0.3 is 5.97 Å². The Bertz CT molecular complexity index is 817. The highest BCUT2D eigenvalue weighted by molar-refractivity contribution is 7.11. The van der Waals surface area contributed by atoms with Gasteiger partial charge in [0, 0.05) is 30.1 Å². The Morgan fingerprint density at radius 2 is 1.96 bits per heavy atom. The van der Waals surface area contributed by atoms with E-state index in [4.69, 9.17) is 10.1 Å². The van der Waals surface area contributed by atoms with E-state index in [0.717, 1.165) is 25.7 Å². The molecular weight excluding hydrogens is 350 g/mol. The zero-order valence-corrected chi connectivity index (χ0v) is 15.3. The van der Waals surface area contributed by atoms with Crippen LogP contribution in [0, 0.1) is 0 Å². The number of pyridine rings is 1. The third kappa shape index (κ3) is 3.35. The van der Waals surface area contributed by atoms with E-state index in [2.05, 4.69) is 4.98 Å². The lowest BCUT2D eigenvalue weighted by Crippen LogP contribution is -2.38. The Hall–Kier alpha value is -2.28. The Morgan fingerprint density at radius 3 is 2.69 bits per heavy atom. The summed E-state index contributed by atoms with van der Waals surface area (Å²) in [5.41, 5.74) is 1.59. The number of nitrogens with zero attached hydrogens (tertiary/aromatic N) is 3. The first kappa shape index (κ1) is 17.1. The van der Waals surface area contributed by atoms with Crippen molar-refractivity contribution in [2.75, 3.05) is 13.1 Å². The first-order valence-electron chi connectivity index (χ1n) is 9.09. The molecule has 0 bridgehead atoms. The summed E-state index contributed by atoms with van der Waals surface area (Å²) < 4.78 is 0. The maximum absolute atomic E-state index is 12.6. The van der Waals surface area contributed by atoms with E-state index in [1.807, 2.05) is 11.3 Å². The van der Waals surface area contributed by atoms with E-state index in [1.54, 1.807) is 4.90 Å². The van der Waals surface area contributed by atoms with Gasteiger partial charge in [-0.05, 0) is 50.7 Å². The molecule has 1 aliphatic heterocycles. The van der Waals surface area contributed by atoms with E-state index < -0.39 is 5.97 Å². The van der Waals surface area contributed by atoms with Gasteiger partial charge in [-0.15, -0.1) is 11.3 Å². The number of thiazole rings is 1. The smallest absolute Gasteiger partial charge is 0.335 e. The molecule has 1 amide bonds. The summed E-state index contributed by atoms with van der Waals surface area (Å²) in [6.45, 7) is 1.32. The molecule has 26 heavy (non-hydrogen) atoms. The molecule has 0 saturated carbocycles. The van der Waals surface area contributed by atoms with E-state index in [-0.39, 0.29) is 17.2 Å². The van der Waals surface area contributed by atoms with Crippen molar-refractivity contribution < 1.29 is 14.7 Å². The number of amides is 1. The third-order valence-electron chi connectivity index (χ3n) is 5.22. The molecule has 1 fully saturated rings. The van der Waals surface area contributed by atoms with E-state index in [9.17, 15) is 9.59 Å². The van der Waals surface area contributed by atoms with Crippen molar-refractivity contribution in [3.8, 4) is 0 Å². The van der Waals surface area contributed by atoms with Gasteiger partial charge in [-0.3, -0.25) is 9.78 Å². The number of aromatic carboxylic acids is 1. The van der Waals surface area contributed by atoms with Gasteiger partial charge in [0.25, 0.3) is 5.91 Å². The molecule has 2 aliphatic rings. The van der Waals surface area contributed by atoms with Gasteiger partial charge in [-0.2, -0.15) is 0 Å². The van der Waals surface area contributed by atoms with Gasteiger partial charge in [0.2, 0.25) is 0 Å². The molecule has 7 heteroatoms. The van der Waals surface area contributed by atoms with Gasteiger partial charge in [-0.25, -0.2) is 9.78 Å². The zero-order chi connectivity index (χ0) is 18.1. The Labute approximate surface area is 155 Å². The Balaban J connectivity index is 1.41. The number of piperidine rings is 1. The molecule has 6 nitrogen and oxygen atoms in total. The van der Waals surface area contributed by atoms with Crippen molar-refractivity contribution in [1.82, 2.24) is 14.9 Å².